The van der Waals surface area contributed by atoms with Crippen molar-refractivity contribution >= 4 is 27.0 Å². The first-order chi connectivity index (χ1) is 15.1. The van der Waals surface area contributed by atoms with Crippen LogP contribution in [0.5, 0.6) is 11.5 Å². The van der Waals surface area contributed by atoms with Gasteiger partial charge in [-0.05, 0) is 65.2 Å². The number of ether oxygens (including phenoxy) is 2. The maximum absolute atomic E-state index is 6.10. The lowest BCUT2D eigenvalue weighted by Crippen LogP contribution is -2.14. The van der Waals surface area contributed by atoms with Crippen LogP contribution in [0.4, 0.5) is 0 Å². The predicted molar refractivity (Wildman–Crippen MR) is 127 cm³/mol. The summed E-state index contributed by atoms with van der Waals surface area (Å²) in [5.74, 6) is 2.39. The molecule has 0 aliphatic heterocycles. The van der Waals surface area contributed by atoms with Crippen molar-refractivity contribution in [2.75, 3.05) is 6.61 Å². The van der Waals surface area contributed by atoms with Gasteiger partial charge in [-0.25, -0.2) is 4.98 Å². The van der Waals surface area contributed by atoms with Crippen molar-refractivity contribution in [2.45, 2.75) is 33.5 Å². The van der Waals surface area contributed by atoms with Crippen LogP contribution >= 0.6 is 15.9 Å². The second-order valence-corrected chi connectivity index (χ2v) is 8.27. The van der Waals surface area contributed by atoms with E-state index < -0.39 is 0 Å². The van der Waals surface area contributed by atoms with Gasteiger partial charge in [0.2, 0.25) is 0 Å². The van der Waals surface area contributed by atoms with Gasteiger partial charge in [0.05, 0.1) is 28.7 Å². The van der Waals surface area contributed by atoms with Crippen molar-refractivity contribution in [3.05, 3.63) is 87.7 Å². The molecule has 0 radical (unpaired) electrons. The number of nitrogens with zero attached hydrogens (tertiary/aromatic N) is 1. The molecule has 6 heteroatoms. The molecule has 0 spiro atoms. The number of nitrogens with one attached hydrogen (secondary N) is 2. The monoisotopic (exact) mass is 479 g/mol. The molecule has 160 valence electrons. The Balaban J connectivity index is 1.42. The van der Waals surface area contributed by atoms with E-state index in [0.29, 0.717) is 26.3 Å². The van der Waals surface area contributed by atoms with E-state index in [1.807, 2.05) is 37.3 Å². The summed E-state index contributed by atoms with van der Waals surface area (Å²) >= 11 is 3.66. The van der Waals surface area contributed by atoms with E-state index in [1.165, 1.54) is 5.56 Å². The number of aryl methyl sites for hydroxylation is 1. The quantitative estimate of drug-likeness (QED) is 0.313. The van der Waals surface area contributed by atoms with Crippen LogP contribution in [-0.2, 0) is 19.7 Å². The lowest BCUT2D eigenvalue weighted by molar-refractivity contribution is 0.267. The van der Waals surface area contributed by atoms with Crippen LogP contribution in [0, 0.1) is 6.92 Å². The third-order valence-electron chi connectivity index (χ3n) is 4.93. The second-order valence-electron chi connectivity index (χ2n) is 7.42. The molecule has 4 aromatic rings. The zero-order valence-electron chi connectivity index (χ0n) is 17.7. The predicted octanol–water partition coefficient (Wildman–Crippen LogP) is 5.90. The number of imidazole rings is 1. The molecule has 1 aromatic heterocycles. The van der Waals surface area contributed by atoms with E-state index >= 15 is 0 Å². The molecule has 0 saturated carbocycles. The number of fused-ring (bicyclic) bond motifs is 1. The molecular formula is C25H26BrN3O2. The highest BCUT2D eigenvalue weighted by molar-refractivity contribution is 9.10. The molecule has 2 N–H and O–H groups in total. The summed E-state index contributed by atoms with van der Waals surface area (Å²) in [6.07, 6.45) is 0. The van der Waals surface area contributed by atoms with E-state index in [1.54, 1.807) is 0 Å². The fraction of sp³-hybridized carbons (Fsp3) is 0.240. The maximum atomic E-state index is 6.10. The fourth-order valence-electron chi connectivity index (χ4n) is 3.38. The first-order valence-electron chi connectivity index (χ1n) is 10.4. The second kappa shape index (κ2) is 9.98. The van der Waals surface area contributed by atoms with Crippen LogP contribution in [0.25, 0.3) is 11.0 Å². The molecule has 0 unspecified atom stereocenters. The molecule has 0 fully saturated rings. The first kappa shape index (κ1) is 21.4. The molecule has 0 bridgehead atoms. The third kappa shape index (κ3) is 5.46. The number of rotatable bonds is 9. The number of para-hydroxylation sites is 2. The van der Waals surface area contributed by atoms with Gasteiger partial charge in [-0.2, -0.15) is 0 Å². The van der Waals surface area contributed by atoms with Crippen LogP contribution in [0.1, 0.15) is 29.4 Å². The van der Waals surface area contributed by atoms with Gasteiger partial charge in [0.25, 0.3) is 0 Å². The van der Waals surface area contributed by atoms with Gasteiger partial charge in [-0.3, -0.25) is 0 Å². The van der Waals surface area contributed by atoms with Gasteiger partial charge in [-0.1, -0.05) is 42.0 Å². The third-order valence-corrected chi connectivity index (χ3v) is 5.52. The Morgan fingerprint density at radius 1 is 0.968 bits per heavy atom. The lowest BCUT2D eigenvalue weighted by Gasteiger charge is -2.16. The number of hydrogen-bond acceptors (Lipinski definition) is 4. The highest BCUT2D eigenvalue weighted by atomic mass is 79.9. The van der Waals surface area contributed by atoms with Gasteiger partial charge in [0.15, 0.2) is 11.5 Å². The molecule has 31 heavy (non-hydrogen) atoms. The van der Waals surface area contributed by atoms with Gasteiger partial charge < -0.3 is 19.8 Å². The molecule has 5 nitrogen and oxygen atoms in total. The SMILES string of the molecule is CCOc1cc(CNCc2nc3ccccc3[nH]2)cc(Br)c1OCc1ccc(C)cc1. The highest BCUT2D eigenvalue weighted by Gasteiger charge is 2.13. The number of aromatic amines is 1. The lowest BCUT2D eigenvalue weighted by atomic mass is 10.1. The average Bonchev–Trinajstić information content (AvgIpc) is 3.17. The molecule has 0 aliphatic carbocycles. The topological polar surface area (TPSA) is 59.2 Å². The van der Waals surface area contributed by atoms with Crippen molar-refractivity contribution in [2.24, 2.45) is 0 Å². The summed E-state index contributed by atoms with van der Waals surface area (Å²) in [6, 6.07) is 20.5. The normalized spacial score (nSPS) is 11.1. The Hall–Kier alpha value is -2.83. The minimum atomic E-state index is 0.489. The van der Waals surface area contributed by atoms with Gasteiger partial charge in [0.1, 0.15) is 12.4 Å². The Labute approximate surface area is 190 Å². The van der Waals surface area contributed by atoms with Crippen LogP contribution in [0.15, 0.2) is 65.1 Å². The summed E-state index contributed by atoms with van der Waals surface area (Å²) in [6.45, 7) is 6.46. The summed E-state index contributed by atoms with van der Waals surface area (Å²) in [5.41, 5.74) is 5.50. The van der Waals surface area contributed by atoms with Crippen LogP contribution in [0.2, 0.25) is 0 Å². The standard InChI is InChI=1S/C25H26BrN3O2/c1-3-30-23-13-19(14-27-15-24-28-21-6-4-5-7-22(21)29-24)12-20(26)25(23)31-16-18-10-8-17(2)9-11-18/h4-13,27H,3,14-16H2,1-2H3,(H,28,29). The minimum Gasteiger partial charge on any atom is -0.490 e. The molecule has 1 heterocycles. The van der Waals surface area contributed by atoms with E-state index in [2.05, 4.69) is 68.5 Å². The fourth-order valence-corrected chi connectivity index (χ4v) is 3.98. The Kier molecular flexibility index (Phi) is 6.89. The number of benzene rings is 3. The Bertz CT molecular complexity index is 1120. The average molecular weight is 480 g/mol. The van der Waals surface area contributed by atoms with Crippen molar-refractivity contribution in [1.82, 2.24) is 15.3 Å². The summed E-state index contributed by atoms with van der Waals surface area (Å²) < 4.78 is 12.9. The van der Waals surface area contributed by atoms with Crippen LogP contribution in [-0.4, -0.2) is 16.6 Å². The van der Waals surface area contributed by atoms with E-state index in [9.17, 15) is 0 Å². The van der Waals surface area contributed by atoms with Crippen molar-refractivity contribution in [3.8, 4) is 11.5 Å². The number of hydrogen-bond donors (Lipinski definition) is 2. The van der Waals surface area contributed by atoms with Crippen molar-refractivity contribution < 1.29 is 9.47 Å². The molecular weight excluding hydrogens is 454 g/mol. The Morgan fingerprint density at radius 2 is 1.77 bits per heavy atom. The largest absolute Gasteiger partial charge is 0.490 e. The molecule has 0 saturated heterocycles. The maximum Gasteiger partial charge on any atom is 0.175 e. The number of H-pyrrole nitrogens is 1. The van der Waals surface area contributed by atoms with Crippen molar-refractivity contribution in [3.63, 3.8) is 0 Å². The molecule has 0 atom stereocenters. The van der Waals surface area contributed by atoms with Crippen LogP contribution in [0.3, 0.4) is 0 Å². The van der Waals surface area contributed by atoms with Gasteiger partial charge >= 0.3 is 0 Å². The molecule has 0 aliphatic rings. The highest BCUT2D eigenvalue weighted by Crippen LogP contribution is 2.37. The summed E-state index contributed by atoms with van der Waals surface area (Å²) in [5, 5.41) is 3.45. The first-order valence-corrected chi connectivity index (χ1v) is 11.2. The number of aromatic nitrogens is 2. The van der Waals surface area contributed by atoms with Gasteiger partial charge in [-0.15, -0.1) is 0 Å². The minimum absolute atomic E-state index is 0.489. The molecule has 4 rings (SSSR count). The van der Waals surface area contributed by atoms with Crippen molar-refractivity contribution in [1.29, 1.82) is 0 Å². The smallest absolute Gasteiger partial charge is 0.175 e. The summed E-state index contributed by atoms with van der Waals surface area (Å²) in [4.78, 5) is 7.95. The number of halogens is 1. The zero-order chi connectivity index (χ0) is 21.6. The summed E-state index contributed by atoms with van der Waals surface area (Å²) in [7, 11) is 0. The van der Waals surface area contributed by atoms with E-state index in [-0.39, 0.29) is 0 Å². The molecule has 0 amide bonds. The Morgan fingerprint density at radius 3 is 2.55 bits per heavy atom. The zero-order valence-corrected chi connectivity index (χ0v) is 19.3. The van der Waals surface area contributed by atoms with Crippen LogP contribution < -0.4 is 14.8 Å². The molecule has 3 aromatic carbocycles. The van der Waals surface area contributed by atoms with Gasteiger partial charge in [0, 0.05) is 6.54 Å². The van der Waals surface area contributed by atoms with E-state index in [4.69, 9.17) is 9.47 Å². The van der Waals surface area contributed by atoms with E-state index in [0.717, 1.165) is 44.0 Å².